The van der Waals surface area contributed by atoms with Gasteiger partial charge in [0.25, 0.3) is 0 Å². The molecule has 0 spiro atoms. The Morgan fingerprint density at radius 2 is 1.77 bits per heavy atom. The zero-order valence-corrected chi connectivity index (χ0v) is 8.63. The third kappa shape index (κ3) is 6.13. The van der Waals surface area contributed by atoms with Crippen molar-refractivity contribution in [3.63, 3.8) is 0 Å². The minimum atomic E-state index is -0.973. The van der Waals surface area contributed by atoms with Crippen LogP contribution in [0.4, 0.5) is 0 Å². The lowest BCUT2D eigenvalue weighted by Crippen LogP contribution is -2.39. The smallest absolute Gasteiger partial charge is 0.323 e. The maximum Gasteiger partial charge on any atom is 0.323 e. The molecule has 13 heavy (non-hydrogen) atoms. The fraction of sp³-hybridized carbons (Fsp3) is 0.778. The molecule has 0 rings (SSSR count). The number of carboxylic acid groups (broad SMARTS) is 1. The highest BCUT2D eigenvalue weighted by atomic mass is 16.4. The van der Waals surface area contributed by atoms with Gasteiger partial charge in [0.1, 0.15) is 6.54 Å². The molecule has 0 saturated carbocycles. The van der Waals surface area contributed by atoms with E-state index in [2.05, 4.69) is 0 Å². The molecule has 0 aliphatic heterocycles. The Bertz CT molecular complexity index is 205. The molecule has 4 nitrogen and oxygen atoms in total. The van der Waals surface area contributed by atoms with Crippen molar-refractivity contribution in [2.45, 2.75) is 27.7 Å². The minimum Gasteiger partial charge on any atom is -0.480 e. The lowest BCUT2D eigenvalue weighted by atomic mass is 9.96. The number of carbonyl (C=O) groups is 2. The van der Waals surface area contributed by atoms with Gasteiger partial charge in [-0.3, -0.25) is 9.59 Å². The summed E-state index contributed by atoms with van der Waals surface area (Å²) in [6, 6.07) is 0. The van der Waals surface area contributed by atoms with Crippen molar-refractivity contribution in [1.82, 2.24) is 4.90 Å². The van der Waals surface area contributed by atoms with Gasteiger partial charge in [0.2, 0.25) is 5.91 Å². The molecule has 0 aliphatic rings. The molecule has 0 aromatic rings. The van der Waals surface area contributed by atoms with E-state index in [1.807, 2.05) is 20.8 Å². The molecule has 1 N–H and O–H groups in total. The third-order valence-electron chi connectivity index (χ3n) is 1.44. The molecule has 4 heteroatoms. The van der Waals surface area contributed by atoms with Crippen molar-refractivity contribution in [2.24, 2.45) is 5.41 Å². The Labute approximate surface area is 78.5 Å². The van der Waals surface area contributed by atoms with Gasteiger partial charge in [-0.05, 0) is 5.41 Å². The standard InChI is InChI=1S/C9H17NO3/c1-7(11)10(5-8(12)13)6-9(2,3)4/h5-6H2,1-4H3,(H,12,13). The minimum absolute atomic E-state index is 0.0683. The number of hydrogen-bond donors (Lipinski definition) is 1. The average molecular weight is 187 g/mol. The van der Waals surface area contributed by atoms with Crippen LogP contribution in [-0.2, 0) is 9.59 Å². The van der Waals surface area contributed by atoms with Gasteiger partial charge < -0.3 is 10.0 Å². The van der Waals surface area contributed by atoms with Gasteiger partial charge in [-0.15, -0.1) is 0 Å². The fourth-order valence-electron chi connectivity index (χ4n) is 1.01. The van der Waals surface area contributed by atoms with E-state index in [0.717, 1.165) is 0 Å². The van der Waals surface area contributed by atoms with E-state index in [1.165, 1.54) is 11.8 Å². The second kappa shape index (κ2) is 4.25. The first-order valence-electron chi connectivity index (χ1n) is 4.20. The molecule has 0 heterocycles. The predicted molar refractivity (Wildman–Crippen MR) is 49.3 cm³/mol. The predicted octanol–water partition coefficient (Wildman–Crippen LogP) is 0.966. The largest absolute Gasteiger partial charge is 0.480 e. The monoisotopic (exact) mass is 187 g/mol. The molecular weight excluding hydrogens is 170 g/mol. The zero-order chi connectivity index (χ0) is 10.6. The van der Waals surface area contributed by atoms with Gasteiger partial charge in [-0.1, -0.05) is 20.8 Å². The van der Waals surface area contributed by atoms with Crippen LogP contribution in [-0.4, -0.2) is 35.0 Å². The van der Waals surface area contributed by atoms with Gasteiger partial charge in [0.15, 0.2) is 0 Å². The Morgan fingerprint density at radius 3 is 2.00 bits per heavy atom. The van der Waals surface area contributed by atoms with Crippen LogP contribution in [0.1, 0.15) is 27.7 Å². The molecule has 0 atom stereocenters. The summed E-state index contributed by atoms with van der Waals surface area (Å²) in [5.41, 5.74) is -0.0683. The summed E-state index contributed by atoms with van der Waals surface area (Å²) >= 11 is 0. The molecule has 0 aromatic carbocycles. The van der Waals surface area contributed by atoms with Crippen molar-refractivity contribution >= 4 is 11.9 Å². The number of amides is 1. The maximum atomic E-state index is 11.0. The van der Waals surface area contributed by atoms with E-state index in [0.29, 0.717) is 6.54 Å². The number of aliphatic carboxylic acids is 1. The van der Waals surface area contributed by atoms with Crippen molar-refractivity contribution < 1.29 is 14.7 Å². The lowest BCUT2D eigenvalue weighted by molar-refractivity contribution is -0.144. The van der Waals surface area contributed by atoms with E-state index in [4.69, 9.17) is 5.11 Å². The molecule has 0 radical (unpaired) electrons. The van der Waals surface area contributed by atoms with Gasteiger partial charge in [0, 0.05) is 13.5 Å². The van der Waals surface area contributed by atoms with Crippen LogP contribution in [0, 0.1) is 5.41 Å². The Hall–Kier alpha value is -1.06. The second-order valence-corrected chi connectivity index (χ2v) is 4.33. The van der Waals surface area contributed by atoms with Crippen LogP contribution >= 0.6 is 0 Å². The topological polar surface area (TPSA) is 57.6 Å². The van der Waals surface area contributed by atoms with E-state index in [-0.39, 0.29) is 17.9 Å². The van der Waals surface area contributed by atoms with E-state index < -0.39 is 5.97 Å². The molecular formula is C9H17NO3. The van der Waals surface area contributed by atoms with Crippen molar-refractivity contribution in [1.29, 1.82) is 0 Å². The fourth-order valence-corrected chi connectivity index (χ4v) is 1.01. The van der Waals surface area contributed by atoms with Crippen LogP contribution < -0.4 is 0 Å². The van der Waals surface area contributed by atoms with Crippen LogP contribution in [0.2, 0.25) is 0 Å². The molecule has 0 aliphatic carbocycles. The zero-order valence-electron chi connectivity index (χ0n) is 8.63. The van der Waals surface area contributed by atoms with Gasteiger partial charge in [-0.25, -0.2) is 0 Å². The highest BCUT2D eigenvalue weighted by Gasteiger charge is 2.20. The van der Waals surface area contributed by atoms with E-state index in [9.17, 15) is 9.59 Å². The van der Waals surface area contributed by atoms with Crippen molar-refractivity contribution in [3.8, 4) is 0 Å². The SMILES string of the molecule is CC(=O)N(CC(=O)O)CC(C)(C)C. The first-order chi connectivity index (χ1) is 5.72. The first-order valence-corrected chi connectivity index (χ1v) is 4.20. The quantitative estimate of drug-likeness (QED) is 0.716. The van der Waals surface area contributed by atoms with E-state index in [1.54, 1.807) is 0 Å². The molecule has 0 aromatic heterocycles. The second-order valence-electron chi connectivity index (χ2n) is 4.33. The number of rotatable bonds is 3. The molecule has 0 fully saturated rings. The first kappa shape index (κ1) is 11.9. The van der Waals surface area contributed by atoms with E-state index >= 15 is 0 Å². The molecule has 0 unspecified atom stereocenters. The van der Waals surface area contributed by atoms with Crippen molar-refractivity contribution in [3.05, 3.63) is 0 Å². The summed E-state index contributed by atoms with van der Waals surface area (Å²) < 4.78 is 0. The number of carbonyl (C=O) groups excluding carboxylic acids is 1. The number of carboxylic acids is 1. The van der Waals surface area contributed by atoms with Gasteiger partial charge >= 0.3 is 5.97 Å². The van der Waals surface area contributed by atoms with Crippen LogP contribution in [0.3, 0.4) is 0 Å². The summed E-state index contributed by atoms with van der Waals surface area (Å²) in [7, 11) is 0. The summed E-state index contributed by atoms with van der Waals surface area (Å²) in [4.78, 5) is 22.8. The van der Waals surface area contributed by atoms with Crippen LogP contribution in [0.5, 0.6) is 0 Å². The Balaban J connectivity index is 4.27. The Morgan fingerprint density at radius 1 is 1.31 bits per heavy atom. The highest BCUT2D eigenvalue weighted by molar-refractivity contribution is 5.79. The molecule has 0 saturated heterocycles. The van der Waals surface area contributed by atoms with Gasteiger partial charge in [-0.2, -0.15) is 0 Å². The molecule has 0 bridgehead atoms. The summed E-state index contributed by atoms with van der Waals surface area (Å²) in [5, 5.41) is 8.54. The number of hydrogen-bond acceptors (Lipinski definition) is 2. The molecule has 1 amide bonds. The number of nitrogens with zero attached hydrogens (tertiary/aromatic N) is 1. The van der Waals surface area contributed by atoms with Crippen LogP contribution in [0.25, 0.3) is 0 Å². The Kier molecular flexibility index (Phi) is 3.91. The normalized spacial score (nSPS) is 11.1. The van der Waals surface area contributed by atoms with Crippen molar-refractivity contribution in [2.75, 3.05) is 13.1 Å². The summed E-state index contributed by atoms with van der Waals surface area (Å²) in [6.45, 7) is 7.52. The summed E-state index contributed by atoms with van der Waals surface area (Å²) in [5.74, 6) is -1.17. The molecule has 76 valence electrons. The summed E-state index contributed by atoms with van der Waals surface area (Å²) in [6.07, 6.45) is 0. The average Bonchev–Trinajstić information content (AvgIpc) is 1.81. The van der Waals surface area contributed by atoms with Gasteiger partial charge in [0.05, 0.1) is 0 Å². The third-order valence-corrected chi connectivity index (χ3v) is 1.44. The lowest BCUT2D eigenvalue weighted by Gasteiger charge is -2.27. The van der Waals surface area contributed by atoms with Crippen LogP contribution in [0.15, 0.2) is 0 Å². The maximum absolute atomic E-state index is 11.0. The highest BCUT2D eigenvalue weighted by Crippen LogP contribution is 2.14.